The van der Waals surface area contributed by atoms with Gasteiger partial charge in [0.1, 0.15) is 16.5 Å². The summed E-state index contributed by atoms with van der Waals surface area (Å²) >= 11 is 0. The van der Waals surface area contributed by atoms with Crippen LogP contribution in [-0.4, -0.2) is 65.0 Å². The summed E-state index contributed by atoms with van der Waals surface area (Å²) < 4.78 is 8.29. The maximum atomic E-state index is 5.43. The number of hydrogen-bond acceptors (Lipinski definition) is 3. The predicted molar refractivity (Wildman–Crippen MR) is 89.6 cm³/mol. The molecule has 1 rings (SSSR count). The maximum Gasteiger partial charge on any atom is 0.139 e. The Morgan fingerprint density at radius 2 is 1.79 bits per heavy atom. The van der Waals surface area contributed by atoms with Crippen LogP contribution in [0.4, 0.5) is 0 Å². The van der Waals surface area contributed by atoms with Crippen molar-refractivity contribution in [3.05, 3.63) is 12.3 Å². The molecule has 0 bridgehead atoms. The second kappa shape index (κ2) is 7.17. The Hall–Kier alpha value is 0.0538. The zero-order valence-corrected chi connectivity index (χ0v) is 15.5. The Kier molecular flexibility index (Phi) is 6.46. The zero-order chi connectivity index (χ0) is 14.5. The Morgan fingerprint density at radius 1 is 1.21 bits per heavy atom. The first-order valence-corrected chi connectivity index (χ1v) is 13.7. The van der Waals surface area contributed by atoms with Crippen molar-refractivity contribution in [2.24, 2.45) is 0 Å². The molecule has 1 aliphatic rings. The Labute approximate surface area is 121 Å². The standard InChI is InChI=1S/C14H32N2OSi2/c1-7-18(3,4)16(19(5,6)8-2)10-9-15-11-13-17-14-12-15/h7H,1,8-14H2,2-6H3. The zero-order valence-electron chi connectivity index (χ0n) is 13.5. The Morgan fingerprint density at radius 3 is 2.26 bits per heavy atom. The van der Waals surface area contributed by atoms with Crippen LogP contribution < -0.4 is 0 Å². The molecule has 0 aliphatic carbocycles. The summed E-state index contributed by atoms with van der Waals surface area (Å²) in [6.07, 6.45) is 0. The minimum absolute atomic E-state index is 0.900. The van der Waals surface area contributed by atoms with Crippen LogP contribution in [0, 0.1) is 0 Å². The molecule has 0 spiro atoms. The minimum Gasteiger partial charge on any atom is -0.379 e. The highest BCUT2D eigenvalue weighted by atomic mass is 28.4. The minimum atomic E-state index is -1.45. The van der Waals surface area contributed by atoms with Gasteiger partial charge in [-0.15, -0.1) is 6.58 Å². The molecule has 1 heterocycles. The van der Waals surface area contributed by atoms with E-state index >= 15 is 0 Å². The van der Waals surface area contributed by atoms with Crippen molar-refractivity contribution in [2.45, 2.75) is 39.2 Å². The normalized spacial score (nSPS) is 18.8. The van der Waals surface area contributed by atoms with Crippen molar-refractivity contribution in [3.63, 3.8) is 0 Å². The SMILES string of the molecule is C=C[Si](C)(C)N(CCN1CCOCC1)[Si](C)(C)CC. The van der Waals surface area contributed by atoms with Gasteiger partial charge in [0.05, 0.1) is 13.2 Å². The van der Waals surface area contributed by atoms with E-state index in [1.165, 1.54) is 19.1 Å². The van der Waals surface area contributed by atoms with E-state index in [0.717, 1.165) is 26.3 Å². The van der Waals surface area contributed by atoms with Gasteiger partial charge in [0.2, 0.25) is 0 Å². The largest absolute Gasteiger partial charge is 0.379 e. The van der Waals surface area contributed by atoms with Crippen LogP contribution in [0.2, 0.25) is 32.2 Å². The molecule has 1 aliphatic heterocycles. The molecule has 1 fully saturated rings. The van der Waals surface area contributed by atoms with Crippen molar-refractivity contribution in [1.29, 1.82) is 0 Å². The molecule has 19 heavy (non-hydrogen) atoms. The summed E-state index contributed by atoms with van der Waals surface area (Å²) in [5, 5.41) is 0. The van der Waals surface area contributed by atoms with Crippen LogP contribution >= 0.6 is 0 Å². The predicted octanol–water partition coefficient (Wildman–Crippen LogP) is 2.78. The summed E-state index contributed by atoms with van der Waals surface area (Å²) in [6.45, 7) is 22.7. The number of ether oxygens (including phenoxy) is 1. The third-order valence-corrected chi connectivity index (χ3v) is 14.1. The van der Waals surface area contributed by atoms with Gasteiger partial charge in [0, 0.05) is 19.6 Å². The smallest absolute Gasteiger partial charge is 0.139 e. The van der Waals surface area contributed by atoms with Gasteiger partial charge in [-0.1, -0.05) is 38.8 Å². The summed E-state index contributed by atoms with van der Waals surface area (Å²) in [6, 6.07) is 1.32. The lowest BCUT2D eigenvalue weighted by molar-refractivity contribution is 0.0374. The molecule has 0 amide bonds. The maximum absolute atomic E-state index is 5.43. The van der Waals surface area contributed by atoms with Gasteiger partial charge in [-0.05, 0) is 12.6 Å². The third kappa shape index (κ3) is 4.82. The van der Waals surface area contributed by atoms with Crippen LogP contribution in [0.15, 0.2) is 12.3 Å². The molecule has 0 radical (unpaired) electrons. The molecule has 0 aromatic carbocycles. The first-order valence-electron chi connectivity index (χ1n) is 7.55. The molecule has 0 atom stereocenters. The summed E-state index contributed by atoms with van der Waals surface area (Å²) in [7, 11) is -2.73. The van der Waals surface area contributed by atoms with Gasteiger partial charge in [-0.2, -0.15) is 0 Å². The molecule has 1 saturated heterocycles. The molecule has 5 heteroatoms. The van der Waals surface area contributed by atoms with Crippen LogP contribution in [0.1, 0.15) is 6.92 Å². The molecular weight excluding hydrogens is 268 g/mol. The van der Waals surface area contributed by atoms with E-state index in [0.29, 0.717) is 0 Å². The number of morpholine rings is 1. The lowest BCUT2D eigenvalue weighted by Gasteiger charge is -2.46. The Balaban J connectivity index is 2.66. The first-order chi connectivity index (χ1) is 8.83. The van der Waals surface area contributed by atoms with Crippen LogP contribution in [0.5, 0.6) is 0 Å². The van der Waals surface area contributed by atoms with E-state index in [1.54, 1.807) is 0 Å². The van der Waals surface area contributed by atoms with Crippen molar-refractivity contribution >= 4 is 16.5 Å². The fourth-order valence-corrected chi connectivity index (χ4v) is 11.7. The van der Waals surface area contributed by atoms with Crippen LogP contribution in [0.3, 0.4) is 0 Å². The quantitative estimate of drug-likeness (QED) is 0.673. The molecule has 3 nitrogen and oxygen atoms in total. The number of hydrogen-bond donors (Lipinski definition) is 0. The molecule has 0 saturated carbocycles. The molecule has 0 aromatic rings. The highest BCUT2D eigenvalue weighted by Gasteiger charge is 2.37. The first kappa shape index (κ1) is 17.1. The fraction of sp³-hybridized carbons (Fsp3) is 0.857. The van der Waals surface area contributed by atoms with Crippen molar-refractivity contribution in [2.75, 3.05) is 39.4 Å². The van der Waals surface area contributed by atoms with Crippen LogP contribution in [-0.2, 0) is 4.74 Å². The van der Waals surface area contributed by atoms with Gasteiger partial charge in [-0.3, -0.25) is 4.90 Å². The van der Waals surface area contributed by atoms with Crippen molar-refractivity contribution in [3.8, 4) is 0 Å². The lowest BCUT2D eigenvalue weighted by Crippen LogP contribution is -2.62. The molecule has 0 unspecified atom stereocenters. The fourth-order valence-electron chi connectivity index (χ4n) is 2.74. The molecule has 0 N–H and O–H groups in total. The van der Waals surface area contributed by atoms with Crippen molar-refractivity contribution in [1.82, 2.24) is 9.13 Å². The summed E-state index contributed by atoms with van der Waals surface area (Å²) in [5.41, 5.74) is 2.25. The van der Waals surface area contributed by atoms with Gasteiger partial charge < -0.3 is 8.97 Å². The van der Waals surface area contributed by atoms with E-state index in [1.807, 2.05) is 0 Å². The van der Waals surface area contributed by atoms with Gasteiger partial charge in [0.15, 0.2) is 0 Å². The van der Waals surface area contributed by atoms with E-state index in [2.05, 4.69) is 54.5 Å². The van der Waals surface area contributed by atoms with E-state index < -0.39 is 16.5 Å². The summed E-state index contributed by atoms with van der Waals surface area (Å²) in [4.78, 5) is 2.55. The van der Waals surface area contributed by atoms with E-state index in [9.17, 15) is 0 Å². The second-order valence-electron chi connectivity index (χ2n) is 6.63. The third-order valence-electron chi connectivity index (χ3n) is 4.53. The Bertz CT molecular complexity index is 289. The lowest BCUT2D eigenvalue weighted by atomic mass is 10.4. The average molecular weight is 301 g/mol. The topological polar surface area (TPSA) is 15.7 Å². The average Bonchev–Trinajstić information content (AvgIpc) is 2.39. The van der Waals surface area contributed by atoms with E-state index in [-0.39, 0.29) is 0 Å². The van der Waals surface area contributed by atoms with Gasteiger partial charge >= 0.3 is 0 Å². The molecule has 112 valence electrons. The molecular formula is C14H32N2OSi2. The molecule has 0 aromatic heterocycles. The highest BCUT2D eigenvalue weighted by Crippen LogP contribution is 2.23. The van der Waals surface area contributed by atoms with Crippen LogP contribution in [0.25, 0.3) is 0 Å². The van der Waals surface area contributed by atoms with Gasteiger partial charge in [0.25, 0.3) is 0 Å². The van der Waals surface area contributed by atoms with Gasteiger partial charge in [-0.25, -0.2) is 0 Å². The monoisotopic (exact) mass is 300 g/mol. The second-order valence-corrected chi connectivity index (χ2v) is 16.2. The van der Waals surface area contributed by atoms with Crippen molar-refractivity contribution < 1.29 is 4.74 Å². The highest BCUT2D eigenvalue weighted by molar-refractivity contribution is 6.93. The number of rotatable bonds is 7. The van der Waals surface area contributed by atoms with E-state index in [4.69, 9.17) is 4.74 Å². The number of nitrogens with zero attached hydrogens (tertiary/aromatic N) is 2. The summed E-state index contributed by atoms with van der Waals surface area (Å²) in [5.74, 6) is 0.